The first-order valence-corrected chi connectivity index (χ1v) is 10.8. The average Bonchev–Trinajstić information content (AvgIpc) is 2.59. The van der Waals surface area contributed by atoms with Crippen LogP contribution in [0, 0.1) is 0 Å². The fraction of sp³-hybridized carbons (Fsp3) is 0.235. The summed E-state index contributed by atoms with van der Waals surface area (Å²) in [7, 11) is -3.78. The van der Waals surface area contributed by atoms with Gasteiger partial charge in [0.05, 0.1) is 4.90 Å². The van der Waals surface area contributed by atoms with Gasteiger partial charge in [-0.25, -0.2) is 8.42 Å². The molecule has 0 saturated carbocycles. The van der Waals surface area contributed by atoms with Crippen molar-refractivity contribution in [3.05, 3.63) is 59.6 Å². The van der Waals surface area contributed by atoms with Crippen molar-refractivity contribution in [2.75, 3.05) is 17.3 Å². The van der Waals surface area contributed by atoms with E-state index in [0.717, 1.165) is 0 Å². The van der Waals surface area contributed by atoms with Gasteiger partial charge >= 0.3 is 0 Å². The number of carbonyl (C=O) groups excluding carboxylic acids is 1. The Kier molecular flexibility index (Phi) is 7.31. The molecule has 0 heterocycles. The molecule has 0 aliphatic rings. The zero-order chi connectivity index (χ0) is 18.3. The first kappa shape index (κ1) is 19.8. The van der Waals surface area contributed by atoms with Crippen LogP contribution in [-0.2, 0) is 14.8 Å². The molecule has 2 aromatic carbocycles. The summed E-state index contributed by atoms with van der Waals surface area (Å²) in [5.41, 5.74) is 0.519. The first-order chi connectivity index (χ1) is 11.9. The van der Waals surface area contributed by atoms with Crippen LogP contribution in [0.5, 0.6) is 0 Å². The van der Waals surface area contributed by atoms with Gasteiger partial charge in [0, 0.05) is 10.7 Å². The number of hydrogen-bond acceptors (Lipinski definition) is 4. The molecule has 2 rings (SSSR count). The lowest BCUT2D eigenvalue weighted by Gasteiger charge is -2.18. The molecular formula is C17H19ClN2O3S2. The summed E-state index contributed by atoms with van der Waals surface area (Å²) in [6.45, 7) is 0. The van der Waals surface area contributed by atoms with Crippen LogP contribution in [0.1, 0.15) is 6.42 Å². The van der Waals surface area contributed by atoms with Crippen molar-refractivity contribution in [3.63, 3.8) is 0 Å². The molecule has 0 aliphatic carbocycles. The van der Waals surface area contributed by atoms with E-state index in [1.807, 2.05) is 6.26 Å². The lowest BCUT2D eigenvalue weighted by Crippen LogP contribution is -2.44. The fourth-order valence-electron chi connectivity index (χ4n) is 2.13. The van der Waals surface area contributed by atoms with E-state index in [-0.39, 0.29) is 4.90 Å². The summed E-state index contributed by atoms with van der Waals surface area (Å²) in [6, 6.07) is 13.8. The van der Waals surface area contributed by atoms with E-state index < -0.39 is 22.0 Å². The van der Waals surface area contributed by atoms with Gasteiger partial charge in [-0.2, -0.15) is 16.5 Å². The Morgan fingerprint density at radius 1 is 1.16 bits per heavy atom. The molecule has 5 nitrogen and oxygen atoms in total. The number of thioether (sulfide) groups is 1. The molecule has 0 fully saturated rings. The van der Waals surface area contributed by atoms with Crippen molar-refractivity contribution >= 4 is 45.0 Å². The lowest BCUT2D eigenvalue weighted by atomic mass is 10.2. The Morgan fingerprint density at radius 2 is 1.88 bits per heavy atom. The van der Waals surface area contributed by atoms with E-state index in [1.54, 1.807) is 54.2 Å². The number of anilines is 1. The number of carbonyl (C=O) groups is 1. The molecule has 25 heavy (non-hydrogen) atoms. The van der Waals surface area contributed by atoms with Gasteiger partial charge in [-0.3, -0.25) is 4.79 Å². The van der Waals surface area contributed by atoms with Crippen LogP contribution in [0.2, 0.25) is 5.02 Å². The number of benzene rings is 2. The van der Waals surface area contributed by atoms with E-state index in [4.69, 9.17) is 11.6 Å². The van der Waals surface area contributed by atoms with Crippen LogP contribution in [0.25, 0.3) is 0 Å². The van der Waals surface area contributed by atoms with Crippen LogP contribution in [0.15, 0.2) is 59.5 Å². The highest BCUT2D eigenvalue weighted by molar-refractivity contribution is 7.98. The van der Waals surface area contributed by atoms with E-state index in [2.05, 4.69) is 10.0 Å². The molecular weight excluding hydrogens is 380 g/mol. The van der Waals surface area contributed by atoms with Gasteiger partial charge in [-0.15, -0.1) is 0 Å². The normalized spacial score (nSPS) is 12.6. The third-order valence-electron chi connectivity index (χ3n) is 3.37. The lowest BCUT2D eigenvalue weighted by molar-refractivity contribution is -0.117. The molecule has 8 heteroatoms. The van der Waals surface area contributed by atoms with Crippen LogP contribution in [-0.4, -0.2) is 32.4 Å². The molecule has 0 aromatic heterocycles. The van der Waals surface area contributed by atoms with Crippen molar-refractivity contribution in [2.24, 2.45) is 0 Å². The van der Waals surface area contributed by atoms with E-state index in [1.165, 1.54) is 12.1 Å². The summed E-state index contributed by atoms with van der Waals surface area (Å²) in [6.07, 6.45) is 2.28. The monoisotopic (exact) mass is 398 g/mol. The van der Waals surface area contributed by atoms with Crippen molar-refractivity contribution in [2.45, 2.75) is 17.4 Å². The van der Waals surface area contributed by atoms with Gasteiger partial charge < -0.3 is 5.32 Å². The van der Waals surface area contributed by atoms with Gasteiger partial charge in [-0.05, 0) is 48.8 Å². The van der Waals surface area contributed by atoms with Crippen molar-refractivity contribution in [1.82, 2.24) is 4.72 Å². The fourth-order valence-corrected chi connectivity index (χ4v) is 4.04. The molecule has 0 aliphatic heterocycles. The predicted molar refractivity (Wildman–Crippen MR) is 104 cm³/mol. The second kappa shape index (κ2) is 9.24. The molecule has 0 radical (unpaired) electrons. The Hall–Kier alpha value is -1.54. The number of amides is 1. The highest BCUT2D eigenvalue weighted by Crippen LogP contribution is 2.16. The number of nitrogens with one attached hydrogen (secondary N) is 2. The molecule has 0 spiro atoms. The molecule has 0 saturated heterocycles. The summed E-state index contributed by atoms with van der Waals surface area (Å²) in [5.74, 6) is 0.223. The van der Waals surface area contributed by atoms with Crippen LogP contribution >= 0.6 is 23.4 Å². The summed E-state index contributed by atoms with van der Waals surface area (Å²) < 4.78 is 27.5. The number of hydrogen-bond donors (Lipinski definition) is 2. The zero-order valence-electron chi connectivity index (χ0n) is 13.6. The largest absolute Gasteiger partial charge is 0.325 e. The predicted octanol–water partition coefficient (Wildman–Crippen LogP) is 3.38. The molecule has 0 unspecified atom stereocenters. The Bertz CT molecular complexity index is 814. The maximum absolute atomic E-state index is 12.5. The van der Waals surface area contributed by atoms with E-state index in [9.17, 15) is 13.2 Å². The summed E-state index contributed by atoms with van der Waals surface area (Å²) in [5, 5.41) is 3.20. The molecule has 2 N–H and O–H groups in total. The third-order valence-corrected chi connectivity index (χ3v) is 5.74. The van der Waals surface area contributed by atoms with Gasteiger partial charge in [-0.1, -0.05) is 35.9 Å². The van der Waals surface area contributed by atoms with Crippen molar-refractivity contribution in [3.8, 4) is 0 Å². The number of sulfonamides is 1. The molecule has 2 aromatic rings. The van der Waals surface area contributed by atoms with Crippen molar-refractivity contribution in [1.29, 1.82) is 0 Å². The van der Waals surface area contributed by atoms with Gasteiger partial charge in [0.2, 0.25) is 15.9 Å². The van der Waals surface area contributed by atoms with Gasteiger partial charge in [0.15, 0.2) is 0 Å². The maximum atomic E-state index is 12.5. The smallest absolute Gasteiger partial charge is 0.242 e. The standard InChI is InChI=1S/C17H19ClN2O3S2/c1-24-11-10-16(17(21)19-14-7-5-6-13(18)12-14)20-25(22,23)15-8-3-2-4-9-15/h2-9,12,16,20H,10-11H2,1H3,(H,19,21)/t16-/m1/s1. The second-order valence-electron chi connectivity index (χ2n) is 5.27. The maximum Gasteiger partial charge on any atom is 0.242 e. The SMILES string of the molecule is CSCC[C@@H](NS(=O)(=O)c1ccccc1)C(=O)Nc1cccc(Cl)c1. The minimum Gasteiger partial charge on any atom is -0.325 e. The molecule has 1 amide bonds. The second-order valence-corrected chi connectivity index (χ2v) is 8.40. The number of halogens is 1. The minimum atomic E-state index is -3.78. The van der Waals surface area contributed by atoms with Crippen LogP contribution < -0.4 is 10.0 Å². The minimum absolute atomic E-state index is 0.125. The average molecular weight is 399 g/mol. The topological polar surface area (TPSA) is 75.3 Å². The van der Waals surface area contributed by atoms with Crippen LogP contribution in [0.4, 0.5) is 5.69 Å². The Morgan fingerprint density at radius 3 is 2.52 bits per heavy atom. The van der Waals surface area contributed by atoms with E-state index >= 15 is 0 Å². The number of rotatable bonds is 8. The van der Waals surface area contributed by atoms with Crippen molar-refractivity contribution < 1.29 is 13.2 Å². The highest BCUT2D eigenvalue weighted by Gasteiger charge is 2.25. The first-order valence-electron chi connectivity index (χ1n) is 7.55. The third kappa shape index (κ3) is 6.04. The summed E-state index contributed by atoms with van der Waals surface area (Å²) in [4.78, 5) is 12.7. The highest BCUT2D eigenvalue weighted by atomic mass is 35.5. The Balaban J connectivity index is 2.16. The quantitative estimate of drug-likeness (QED) is 0.714. The van der Waals surface area contributed by atoms with Gasteiger partial charge in [0.1, 0.15) is 6.04 Å². The Labute approximate surface area is 157 Å². The molecule has 0 bridgehead atoms. The van der Waals surface area contributed by atoms with E-state index in [0.29, 0.717) is 22.9 Å². The zero-order valence-corrected chi connectivity index (χ0v) is 16.0. The molecule has 134 valence electrons. The molecule has 1 atom stereocenters. The summed E-state index contributed by atoms with van der Waals surface area (Å²) >= 11 is 7.45. The van der Waals surface area contributed by atoms with Gasteiger partial charge in [0.25, 0.3) is 0 Å². The van der Waals surface area contributed by atoms with Crippen LogP contribution in [0.3, 0.4) is 0 Å².